The van der Waals surface area contributed by atoms with E-state index in [1.54, 1.807) is 6.92 Å². The summed E-state index contributed by atoms with van der Waals surface area (Å²) in [7, 11) is 0. The highest BCUT2D eigenvalue weighted by molar-refractivity contribution is 5.30. The van der Waals surface area contributed by atoms with E-state index in [1.165, 1.54) is 12.1 Å². The number of piperazine rings is 1. The Balaban J connectivity index is 2.29. The Bertz CT molecular complexity index is 439. The van der Waals surface area contributed by atoms with Crippen LogP contribution < -0.4 is 5.32 Å². The molecule has 1 aliphatic rings. The summed E-state index contributed by atoms with van der Waals surface area (Å²) < 4.78 is 52.0. The number of nitrogens with one attached hydrogen (secondary N) is 1. The summed E-state index contributed by atoms with van der Waals surface area (Å²) in [5.41, 5.74) is -1.08. The van der Waals surface area contributed by atoms with E-state index >= 15 is 0 Å². The van der Waals surface area contributed by atoms with Crippen LogP contribution in [0, 0.1) is 5.82 Å². The lowest BCUT2D eigenvalue weighted by atomic mass is 10.0. The van der Waals surface area contributed by atoms with Crippen molar-refractivity contribution in [1.29, 1.82) is 0 Å². The molecule has 0 saturated carbocycles. The number of nitrogens with zero attached hydrogens (tertiary/aromatic N) is 1. The predicted octanol–water partition coefficient (Wildman–Crippen LogP) is 2.81. The van der Waals surface area contributed by atoms with Gasteiger partial charge in [0.2, 0.25) is 0 Å². The van der Waals surface area contributed by atoms with Gasteiger partial charge in [0.15, 0.2) is 0 Å². The third-order valence-corrected chi connectivity index (χ3v) is 3.48. The molecule has 0 amide bonds. The maximum Gasteiger partial charge on any atom is 0.419 e. The van der Waals surface area contributed by atoms with Crippen molar-refractivity contribution in [2.24, 2.45) is 0 Å². The van der Waals surface area contributed by atoms with Gasteiger partial charge in [-0.15, -0.1) is 0 Å². The number of benzene rings is 1. The summed E-state index contributed by atoms with van der Waals surface area (Å²) in [6.07, 6.45) is -4.65. The van der Waals surface area contributed by atoms with Crippen LogP contribution in [0.1, 0.15) is 24.1 Å². The van der Waals surface area contributed by atoms with Crippen molar-refractivity contribution in [2.45, 2.75) is 19.1 Å². The lowest BCUT2D eigenvalue weighted by Crippen LogP contribution is -2.44. The first-order valence-electron chi connectivity index (χ1n) is 6.21. The standard InChI is InChI=1S/C13H16F4N2/c1-9(19-7-5-18-6-8-19)10-3-2-4-11(12(10)14)13(15,16)17/h2-4,9,18H,5-8H2,1H3/t9-/m1/s1. The number of hydrogen-bond donors (Lipinski definition) is 1. The third kappa shape index (κ3) is 3.06. The summed E-state index contributed by atoms with van der Waals surface area (Å²) in [5, 5.41) is 3.16. The minimum absolute atomic E-state index is 0.108. The van der Waals surface area contributed by atoms with Crippen LogP contribution in [0.3, 0.4) is 0 Å². The minimum atomic E-state index is -4.65. The fraction of sp³-hybridized carbons (Fsp3) is 0.538. The van der Waals surface area contributed by atoms with E-state index in [0.29, 0.717) is 13.1 Å². The molecular weight excluding hydrogens is 260 g/mol. The molecule has 6 heteroatoms. The zero-order valence-electron chi connectivity index (χ0n) is 10.6. The Morgan fingerprint density at radius 2 is 1.84 bits per heavy atom. The van der Waals surface area contributed by atoms with E-state index in [9.17, 15) is 17.6 Å². The van der Waals surface area contributed by atoms with Crippen LogP contribution in [0.4, 0.5) is 17.6 Å². The molecule has 1 aliphatic heterocycles. The first kappa shape index (κ1) is 14.3. The average molecular weight is 276 g/mol. The van der Waals surface area contributed by atoms with Gasteiger partial charge in [-0.3, -0.25) is 4.90 Å². The van der Waals surface area contributed by atoms with Crippen LogP contribution in [0.25, 0.3) is 0 Å². The molecule has 1 N–H and O–H groups in total. The molecule has 0 bridgehead atoms. The van der Waals surface area contributed by atoms with Crippen molar-refractivity contribution < 1.29 is 17.6 Å². The molecule has 2 nitrogen and oxygen atoms in total. The second-order valence-corrected chi connectivity index (χ2v) is 4.67. The highest BCUT2D eigenvalue weighted by atomic mass is 19.4. The number of rotatable bonds is 2. The molecule has 1 aromatic carbocycles. The minimum Gasteiger partial charge on any atom is -0.314 e. The van der Waals surface area contributed by atoms with Crippen molar-refractivity contribution in [3.63, 3.8) is 0 Å². The first-order valence-corrected chi connectivity index (χ1v) is 6.21. The molecule has 2 rings (SSSR count). The van der Waals surface area contributed by atoms with Crippen molar-refractivity contribution in [1.82, 2.24) is 10.2 Å². The second-order valence-electron chi connectivity index (χ2n) is 4.67. The van der Waals surface area contributed by atoms with Crippen LogP contribution in [-0.2, 0) is 6.18 Å². The van der Waals surface area contributed by atoms with Gasteiger partial charge in [0.25, 0.3) is 0 Å². The molecule has 1 heterocycles. The molecule has 0 unspecified atom stereocenters. The quantitative estimate of drug-likeness (QED) is 0.836. The Morgan fingerprint density at radius 1 is 1.21 bits per heavy atom. The van der Waals surface area contributed by atoms with Gasteiger partial charge < -0.3 is 5.32 Å². The number of alkyl halides is 3. The van der Waals surface area contributed by atoms with Crippen molar-refractivity contribution in [3.05, 3.63) is 35.1 Å². The largest absolute Gasteiger partial charge is 0.419 e. The zero-order chi connectivity index (χ0) is 14.0. The van der Waals surface area contributed by atoms with Crippen LogP contribution in [-0.4, -0.2) is 31.1 Å². The molecule has 0 aromatic heterocycles. The summed E-state index contributed by atoms with van der Waals surface area (Å²) in [6.45, 7) is 4.69. The van der Waals surface area contributed by atoms with Crippen molar-refractivity contribution in [3.8, 4) is 0 Å². The molecular formula is C13H16F4N2. The topological polar surface area (TPSA) is 15.3 Å². The van der Waals surface area contributed by atoms with Crippen LogP contribution in [0.5, 0.6) is 0 Å². The van der Waals surface area contributed by atoms with Crippen LogP contribution >= 0.6 is 0 Å². The van der Waals surface area contributed by atoms with Crippen LogP contribution in [0.15, 0.2) is 18.2 Å². The van der Waals surface area contributed by atoms with E-state index in [2.05, 4.69) is 5.32 Å². The van der Waals surface area contributed by atoms with Gasteiger partial charge in [-0.1, -0.05) is 12.1 Å². The van der Waals surface area contributed by atoms with E-state index in [4.69, 9.17) is 0 Å². The summed E-state index contributed by atoms with van der Waals surface area (Å²) >= 11 is 0. The van der Waals surface area contributed by atoms with Gasteiger partial charge in [-0.05, 0) is 13.0 Å². The van der Waals surface area contributed by atoms with Crippen molar-refractivity contribution >= 4 is 0 Å². The lowest BCUT2D eigenvalue weighted by molar-refractivity contribution is -0.140. The Hall–Kier alpha value is -1.14. The van der Waals surface area contributed by atoms with E-state index in [1.807, 2.05) is 4.90 Å². The zero-order valence-corrected chi connectivity index (χ0v) is 10.6. The molecule has 1 aromatic rings. The molecule has 1 saturated heterocycles. The fourth-order valence-corrected chi connectivity index (χ4v) is 2.36. The van der Waals surface area contributed by atoms with Gasteiger partial charge in [-0.25, -0.2) is 4.39 Å². The average Bonchev–Trinajstić information content (AvgIpc) is 2.38. The van der Waals surface area contributed by atoms with Crippen molar-refractivity contribution in [2.75, 3.05) is 26.2 Å². The Morgan fingerprint density at radius 3 is 2.42 bits per heavy atom. The lowest BCUT2D eigenvalue weighted by Gasteiger charge is -2.33. The molecule has 19 heavy (non-hydrogen) atoms. The smallest absolute Gasteiger partial charge is 0.314 e. The molecule has 106 valence electrons. The predicted molar refractivity (Wildman–Crippen MR) is 64.3 cm³/mol. The first-order chi connectivity index (χ1) is 8.91. The maximum absolute atomic E-state index is 14.0. The normalized spacial score (nSPS) is 19.4. The highest BCUT2D eigenvalue weighted by Gasteiger charge is 2.35. The van der Waals surface area contributed by atoms with E-state index < -0.39 is 17.6 Å². The van der Waals surface area contributed by atoms with Gasteiger partial charge in [0, 0.05) is 37.8 Å². The molecule has 1 atom stereocenters. The summed E-state index contributed by atoms with van der Waals surface area (Å²) in [4.78, 5) is 1.98. The molecule has 0 spiro atoms. The number of halogens is 4. The maximum atomic E-state index is 14.0. The third-order valence-electron chi connectivity index (χ3n) is 3.48. The van der Waals surface area contributed by atoms with Gasteiger partial charge in [0.1, 0.15) is 5.82 Å². The molecule has 0 radical (unpaired) electrons. The van der Waals surface area contributed by atoms with Crippen LogP contribution in [0.2, 0.25) is 0 Å². The number of hydrogen-bond acceptors (Lipinski definition) is 2. The van der Waals surface area contributed by atoms with E-state index in [-0.39, 0.29) is 11.6 Å². The van der Waals surface area contributed by atoms with Gasteiger partial charge in [0.05, 0.1) is 5.56 Å². The Labute approximate surface area is 109 Å². The fourth-order valence-electron chi connectivity index (χ4n) is 2.36. The van der Waals surface area contributed by atoms with Gasteiger partial charge in [-0.2, -0.15) is 13.2 Å². The van der Waals surface area contributed by atoms with E-state index in [0.717, 1.165) is 19.2 Å². The second kappa shape index (κ2) is 5.46. The molecule has 0 aliphatic carbocycles. The highest BCUT2D eigenvalue weighted by Crippen LogP contribution is 2.34. The Kier molecular flexibility index (Phi) is 4.10. The molecule has 1 fully saturated rings. The van der Waals surface area contributed by atoms with Gasteiger partial charge >= 0.3 is 6.18 Å². The summed E-state index contributed by atoms with van der Waals surface area (Å²) in [6, 6.07) is 3.12. The SMILES string of the molecule is C[C@H](c1cccc(C(F)(F)F)c1F)N1CCNCC1. The monoisotopic (exact) mass is 276 g/mol. The summed E-state index contributed by atoms with van der Waals surface area (Å²) in [5.74, 6) is -1.15.